The number of rotatable bonds is 5. The molecule has 2 rings (SSSR count). The summed E-state index contributed by atoms with van der Waals surface area (Å²) < 4.78 is 5.04. The molecular weight excluding hydrogens is 276 g/mol. The van der Waals surface area contributed by atoms with Gasteiger partial charge in [0.05, 0.1) is 17.1 Å². The maximum Gasteiger partial charge on any atom is 0.237 e. The second-order valence-corrected chi connectivity index (χ2v) is 5.47. The molecule has 20 heavy (non-hydrogen) atoms. The minimum absolute atomic E-state index is 0.188. The van der Waals surface area contributed by atoms with Crippen molar-refractivity contribution in [2.24, 2.45) is 0 Å². The molecule has 0 aliphatic heterocycles. The first-order chi connectivity index (χ1) is 9.56. The van der Waals surface area contributed by atoms with Gasteiger partial charge in [-0.3, -0.25) is 10.1 Å². The fourth-order valence-corrected chi connectivity index (χ4v) is 2.16. The average Bonchev–Trinajstić information content (AvgIpc) is 2.86. The first-order valence-corrected chi connectivity index (χ1v) is 7.14. The van der Waals surface area contributed by atoms with Gasteiger partial charge in [-0.1, -0.05) is 30.8 Å². The first-order valence-electron chi connectivity index (χ1n) is 6.16. The van der Waals surface area contributed by atoms with E-state index in [0.717, 1.165) is 5.69 Å². The normalized spacial score (nSPS) is 10.8. The highest BCUT2D eigenvalue weighted by Gasteiger charge is 2.11. The van der Waals surface area contributed by atoms with Crippen LogP contribution in [0.15, 0.2) is 33.9 Å². The number of amides is 1. The number of carbonyl (C=O) groups excluding carboxylic acids is 1. The van der Waals surface area contributed by atoms with Crippen LogP contribution in [0.2, 0.25) is 0 Å². The molecule has 0 radical (unpaired) electrons. The highest BCUT2D eigenvalue weighted by molar-refractivity contribution is 8.00. The summed E-state index contributed by atoms with van der Waals surface area (Å²) >= 11 is 1.28. The van der Waals surface area contributed by atoms with Crippen LogP contribution in [0.3, 0.4) is 0 Å². The third kappa shape index (κ3) is 3.74. The van der Waals surface area contributed by atoms with Crippen molar-refractivity contribution in [2.45, 2.75) is 24.8 Å². The number of hydrogen-bond donors (Lipinski definition) is 2. The van der Waals surface area contributed by atoms with Gasteiger partial charge in [0.1, 0.15) is 5.03 Å². The lowest BCUT2D eigenvalue weighted by Gasteiger charge is -2.03. The molecule has 0 bridgehead atoms. The van der Waals surface area contributed by atoms with Gasteiger partial charge in [-0.05, 0) is 18.1 Å². The van der Waals surface area contributed by atoms with Crippen LogP contribution in [0.25, 0.3) is 0 Å². The Morgan fingerprint density at radius 2 is 2.35 bits per heavy atom. The number of nitrogens with two attached hydrogens (primary N) is 1. The van der Waals surface area contributed by atoms with Gasteiger partial charge in [0.15, 0.2) is 0 Å². The van der Waals surface area contributed by atoms with E-state index in [2.05, 4.69) is 15.5 Å². The smallest absolute Gasteiger partial charge is 0.237 e. The molecule has 0 aromatic carbocycles. The zero-order valence-corrected chi connectivity index (χ0v) is 12.1. The molecule has 0 aliphatic carbocycles. The van der Waals surface area contributed by atoms with Crippen molar-refractivity contribution < 1.29 is 9.32 Å². The summed E-state index contributed by atoms with van der Waals surface area (Å²) in [5.74, 6) is 0.630. The Morgan fingerprint density at radius 3 is 3.00 bits per heavy atom. The maximum absolute atomic E-state index is 11.8. The zero-order valence-electron chi connectivity index (χ0n) is 11.3. The van der Waals surface area contributed by atoms with Crippen molar-refractivity contribution in [2.75, 3.05) is 16.8 Å². The monoisotopic (exact) mass is 292 g/mol. The third-order valence-electron chi connectivity index (χ3n) is 2.52. The van der Waals surface area contributed by atoms with Gasteiger partial charge in [0, 0.05) is 12.3 Å². The van der Waals surface area contributed by atoms with E-state index in [-0.39, 0.29) is 17.6 Å². The van der Waals surface area contributed by atoms with Gasteiger partial charge < -0.3 is 10.3 Å². The lowest BCUT2D eigenvalue weighted by molar-refractivity contribution is -0.113. The van der Waals surface area contributed by atoms with Crippen LogP contribution in [-0.2, 0) is 4.79 Å². The van der Waals surface area contributed by atoms with E-state index < -0.39 is 0 Å². The second kappa shape index (κ2) is 6.42. The van der Waals surface area contributed by atoms with Crippen LogP contribution in [0, 0.1) is 0 Å². The molecule has 3 N–H and O–H groups in total. The maximum atomic E-state index is 11.8. The zero-order chi connectivity index (χ0) is 14.5. The summed E-state index contributed by atoms with van der Waals surface area (Å²) in [6.07, 6.45) is 1.64. The molecule has 2 aromatic rings. The average molecular weight is 292 g/mol. The predicted molar refractivity (Wildman–Crippen MR) is 78.6 cm³/mol. The van der Waals surface area contributed by atoms with E-state index in [1.54, 1.807) is 24.4 Å². The molecule has 0 fully saturated rings. The van der Waals surface area contributed by atoms with Crippen molar-refractivity contribution in [3.63, 3.8) is 0 Å². The molecule has 0 atom stereocenters. The molecule has 0 saturated heterocycles. The highest BCUT2D eigenvalue weighted by atomic mass is 32.2. The highest BCUT2D eigenvalue weighted by Crippen LogP contribution is 2.22. The van der Waals surface area contributed by atoms with Crippen LogP contribution < -0.4 is 11.1 Å². The van der Waals surface area contributed by atoms with Crippen LogP contribution in [0.5, 0.6) is 0 Å². The Morgan fingerprint density at radius 1 is 1.55 bits per heavy atom. The van der Waals surface area contributed by atoms with Crippen LogP contribution in [0.1, 0.15) is 25.5 Å². The third-order valence-corrected chi connectivity index (χ3v) is 3.54. The van der Waals surface area contributed by atoms with Crippen molar-refractivity contribution in [1.29, 1.82) is 0 Å². The first kappa shape index (κ1) is 14.4. The number of thioether (sulfide) groups is 1. The summed E-state index contributed by atoms with van der Waals surface area (Å²) in [7, 11) is 0. The van der Waals surface area contributed by atoms with Crippen LogP contribution in [0.4, 0.5) is 11.6 Å². The number of nitrogens with one attached hydrogen (secondary N) is 1. The number of aromatic nitrogens is 2. The Labute approximate surface area is 121 Å². The molecule has 0 unspecified atom stereocenters. The van der Waals surface area contributed by atoms with Gasteiger partial charge in [-0.15, -0.1) is 0 Å². The molecule has 0 saturated carbocycles. The van der Waals surface area contributed by atoms with Crippen molar-refractivity contribution in [3.8, 4) is 0 Å². The van der Waals surface area contributed by atoms with Crippen molar-refractivity contribution in [3.05, 3.63) is 30.1 Å². The second-order valence-electron chi connectivity index (χ2n) is 4.51. The largest absolute Gasteiger partial charge is 0.397 e. The van der Waals surface area contributed by atoms with Gasteiger partial charge in [0.2, 0.25) is 11.8 Å². The van der Waals surface area contributed by atoms with Gasteiger partial charge >= 0.3 is 0 Å². The number of carbonyl (C=O) groups is 1. The molecule has 106 valence electrons. The molecule has 6 nitrogen and oxygen atoms in total. The standard InChI is InChI=1S/C13H16N4O2S/c1-8(2)10-6-12(19-17-10)16-11(18)7-20-13-9(14)4-3-5-15-13/h3-6,8H,7,14H2,1-2H3,(H,16,18). The molecule has 0 spiro atoms. The summed E-state index contributed by atoms with van der Waals surface area (Å²) in [6, 6.07) is 5.22. The minimum Gasteiger partial charge on any atom is -0.397 e. The topological polar surface area (TPSA) is 94.0 Å². The van der Waals surface area contributed by atoms with E-state index >= 15 is 0 Å². The lowest BCUT2D eigenvalue weighted by atomic mass is 10.1. The molecular formula is C13H16N4O2S. The summed E-state index contributed by atoms with van der Waals surface area (Å²) in [4.78, 5) is 15.9. The van der Waals surface area contributed by atoms with Gasteiger partial charge in [0.25, 0.3) is 0 Å². The Kier molecular flexibility index (Phi) is 4.62. The fraction of sp³-hybridized carbons (Fsp3) is 0.308. The molecule has 7 heteroatoms. The lowest BCUT2D eigenvalue weighted by Crippen LogP contribution is -2.13. The van der Waals surface area contributed by atoms with E-state index in [9.17, 15) is 4.79 Å². The Balaban J connectivity index is 1.88. The summed E-state index contributed by atoms with van der Waals surface area (Å²) in [5.41, 5.74) is 7.12. The van der Waals surface area contributed by atoms with Crippen molar-refractivity contribution in [1.82, 2.24) is 10.1 Å². The van der Waals surface area contributed by atoms with Crippen LogP contribution in [-0.4, -0.2) is 21.8 Å². The number of anilines is 2. The Hall–Kier alpha value is -2.02. The van der Waals surface area contributed by atoms with Gasteiger partial charge in [-0.2, -0.15) is 0 Å². The van der Waals surface area contributed by atoms with E-state index in [4.69, 9.17) is 10.3 Å². The minimum atomic E-state index is -0.188. The van der Waals surface area contributed by atoms with E-state index in [0.29, 0.717) is 16.6 Å². The summed E-state index contributed by atoms with van der Waals surface area (Å²) in [6.45, 7) is 4.01. The fourth-order valence-electron chi connectivity index (χ4n) is 1.45. The predicted octanol–water partition coefficient (Wildman–Crippen LogP) is 2.51. The molecule has 2 aromatic heterocycles. The van der Waals surface area contributed by atoms with E-state index in [1.807, 2.05) is 13.8 Å². The summed E-state index contributed by atoms with van der Waals surface area (Å²) in [5, 5.41) is 7.16. The van der Waals surface area contributed by atoms with Crippen molar-refractivity contribution >= 4 is 29.2 Å². The van der Waals surface area contributed by atoms with Gasteiger partial charge in [-0.25, -0.2) is 4.98 Å². The number of nitrogen functional groups attached to an aromatic ring is 1. The number of hydrogen-bond acceptors (Lipinski definition) is 6. The van der Waals surface area contributed by atoms with Crippen LogP contribution >= 0.6 is 11.8 Å². The van der Waals surface area contributed by atoms with E-state index in [1.165, 1.54) is 11.8 Å². The molecule has 0 aliphatic rings. The SMILES string of the molecule is CC(C)c1cc(NC(=O)CSc2ncccc2N)on1. The quantitative estimate of drug-likeness (QED) is 0.822. The number of pyridine rings is 1. The molecule has 2 heterocycles. The molecule has 1 amide bonds. The number of nitrogens with zero attached hydrogens (tertiary/aromatic N) is 2. The Bertz CT molecular complexity index is 598.